The molecule has 2 aromatic carbocycles. The number of pyridine rings is 1. The molecule has 0 spiro atoms. The van der Waals surface area contributed by atoms with E-state index in [9.17, 15) is 4.39 Å². The highest BCUT2D eigenvalue weighted by Gasteiger charge is 2.53. The number of ether oxygens (including phenoxy) is 1. The van der Waals surface area contributed by atoms with Crippen LogP contribution in [-0.2, 0) is 0 Å². The van der Waals surface area contributed by atoms with Crippen molar-refractivity contribution < 1.29 is 13.5 Å². The average molecular weight is 646 g/mol. The van der Waals surface area contributed by atoms with Gasteiger partial charge in [0, 0.05) is 60.6 Å². The van der Waals surface area contributed by atoms with Gasteiger partial charge in [-0.25, -0.2) is 8.78 Å². The Hall–Kier alpha value is -4.59. The molecule has 4 saturated heterocycles. The Morgan fingerprint density at radius 2 is 1.90 bits per heavy atom. The van der Waals surface area contributed by atoms with Crippen molar-refractivity contribution in [2.24, 2.45) is 5.92 Å². The van der Waals surface area contributed by atoms with Crippen molar-refractivity contribution in [3.05, 3.63) is 72.0 Å². The summed E-state index contributed by atoms with van der Waals surface area (Å²) in [6.07, 6.45) is 13.6. The Kier molecular flexibility index (Phi) is 6.43. The van der Waals surface area contributed by atoms with Crippen LogP contribution in [0.15, 0.2) is 54.8 Å². The zero-order valence-corrected chi connectivity index (χ0v) is 26.8. The summed E-state index contributed by atoms with van der Waals surface area (Å²) in [5.41, 5.74) is 9.11. The van der Waals surface area contributed by atoms with Crippen LogP contribution >= 0.6 is 0 Å². The van der Waals surface area contributed by atoms with Crippen LogP contribution in [0, 0.1) is 29.9 Å². The zero-order valence-electron chi connectivity index (χ0n) is 26.8. The lowest BCUT2D eigenvalue weighted by atomic mass is 9.90. The number of piperazine rings is 1. The Bertz CT molecular complexity index is 2100. The predicted octanol–water partition coefficient (Wildman–Crippen LogP) is 5.75. The van der Waals surface area contributed by atoms with E-state index in [1.54, 1.807) is 24.4 Å². The van der Waals surface area contributed by atoms with Crippen LogP contribution in [0.4, 0.5) is 20.3 Å². The maximum Gasteiger partial charge on any atom is 0.319 e. The molecule has 4 aromatic rings. The Morgan fingerprint density at radius 1 is 1.10 bits per heavy atom. The SMILES string of the molecule is C#Cc1c(F)ccc2cc(N)cc(-c3ncc4c(N5C[C@@H]6CC[C@](C7CC7)(C5)N6)nc(OCC56CC(=C)CN5CC(=C)C6)nc4c3F)c12. The number of fused-ring (bicyclic) bond motifs is 5. The van der Waals surface area contributed by atoms with Crippen molar-refractivity contribution in [2.45, 2.75) is 55.6 Å². The molecule has 1 aliphatic carbocycles. The number of rotatable bonds is 6. The normalized spacial score (nSPS) is 24.9. The molecule has 2 aromatic heterocycles. The highest BCUT2D eigenvalue weighted by atomic mass is 19.1. The standard InChI is InChI=1S/C38H37F2N7O/c1-4-27-30(39)8-5-23-11-25(41)12-28(31(23)27)33-32(40)34-29(15-42-33)35(46-18-26-9-10-38(19-46,45-26)24-6-7-24)44-36(43-34)48-20-37-13-21(2)16-47(37)17-22(3)14-37/h1,5,8,11-12,15,24,26,45H,2-3,6-7,9-10,13-14,16-20,41H2/t26-,38+/m0/s1. The molecule has 3 N–H and O–H groups in total. The van der Waals surface area contributed by atoms with Crippen LogP contribution in [-0.4, -0.2) is 69.8 Å². The summed E-state index contributed by atoms with van der Waals surface area (Å²) >= 11 is 0. The van der Waals surface area contributed by atoms with E-state index in [0.717, 1.165) is 63.0 Å². The van der Waals surface area contributed by atoms with E-state index < -0.39 is 11.6 Å². The van der Waals surface area contributed by atoms with Crippen LogP contribution in [0.1, 0.15) is 44.1 Å². The largest absolute Gasteiger partial charge is 0.461 e. The number of anilines is 2. The van der Waals surface area contributed by atoms with Gasteiger partial charge in [0.2, 0.25) is 0 Å². The second-order valence-corrected chi connectivity index (χ2v) is 14.7. The molecule has 5 fully saturated rings. The number of aromatic nitrogens is 3. The molecule has 10 heteroatoms. The first-order chi connectivity index (χ1) is 23.1. The van der Waals surface area contributed by atoms with Gasteiger partial charge in [-0.1, -0.05) is 36.3 Å². The number of nitrogens with zero attached hydrogens (tertiary/aromatic N) is 5. The van der Waals surface area contributed by atoms with Gasteiger partial charge in [0.25, 0.3) is 0 Å². The first-order valence-corrected chi connectivity index (χ1v) is 16.7. The smallest absolute Gasteiger partial charge is 0.319 e. The number of hydrogen-bond acceptors (Lipinski definition) is 8. The van der Waals surface area contributed by atoms with E-state index in [1.165, 1.54) is 18.9 Å². The molecule has 9 rings (SSSR count). The number of benzene rings is 2. The van der Waals surface area contributed by atoms with E-state index in [0.29, 0.717) is 51.8 Å². The number of hydrogen-bond donors (Lipinski definition) is 2. The van der Waals surface area contributed by atoms with E-state index in [2.05, 4.69) is 39.2 Å². The molecule has 1 saturated carbocycles. The molecule has 2 bridgehead atoms. The quantitative estimate of drug-likeness (QED) is 0.156. The minimum Gasteiger partial charge on any atom is -0.461 e. The van der Waals surface area contributed by atoms with Crippen LogP contribution in [0.3, 0.4) is 0 Å². The molecule has 0 amide bonds. The lowest BCUT2D eigenvalue weighted by Crippen LogP contribution is -2.61. The summed E-state index contributed by atoms with van der Waals surface area (Å²) in [5.74, 6) is 2.45. The molecule has 0 unspecified atom stereocenters. The third kappa shape index (κ3) is 4.51. The van der Waals surface area contributed by atoms with Gasteiger partial charge in [-0.3, -0.25) is 9.88 Å². The average Bonchev–Trinajstić information content (AvgIpc) is 3.75. The summed E-state index contributed by atoms with van der Waals surface area (Å²) in [7, 11) is 0. The summed E-state index contributed by atoms with van der Waals surface area (Å²) in [6.45, 7) is 11.9. The molecule has 244 valence electrons. The first kappa shape index (κ1) is 29.5. The van der Waals surface area contributed by atoms with Crippen molar-refractivity contribution in [3.8, 4) is 29.6 Å². The fourth-order valence-electron chi connectivity index (χ4n) is 9.12. The van der Waals surface area contributed by atoms with E-state index in [-0.39, 0.29) is 33.9 Å². The number of nitrogen functional groups attached to an aromatic ring is 1. The lowest BCUT2D eigenvalue weighted by Gasteiger charge is -2.42. The van der Waals surface area contributed by atoms with Crippen LogP contribution in [0.2, 0.25) is 0 Å². The maximum atomic E-state index is 17.1. The van der Waals surface area contributed by atoms with Gasteiger partial charge < -0.3 is 20.7 Å². The van der Waals surface area contributed by atoms with Gasteiger partial charge in [-0.2, -0.15) is 9.97 Å². The number of terminal acetylenes is 1. The monoisotopic (exact) mass is 645 g/mol. The highest BCUT2D eigenvalue weighted by Crippen LogP contribution is 2.49. The second kappa shape index (κ2) is 10.5. The van der Waals surface area contributed by atoms with Crippen molar-refractivity contribution in [1.29, 1.82) is 0 Å². The number of nitrogens with one attached hydrogen (secondary N) is 1. The maximum absolute atomic E-state index is 17.1. The van der Waals surface area contributed by atoms with Gasteiger partial charge in [-0.15, -0.1) is 6.42 Å². The first-order valence-electron chi connectivity index (χ1n) is 16.7. The molecule has 8 nitrogen and oxygen atoms in total. The fraction of sp³-hybridized carbons (Fsp3) is 0.395. The van der Waals surface area contributed by atoms with Crippen molar-refractivity contribution >= 4 is 33.2 Å². The molecular formula is C38H37F2N7O. The Morgan fingerprint density at radius 3 is 2.65 bits per heavy atom. The lowest BCUT2D eigenvalue weighted by molar-refractivity contribution is 0.108. The van der Waals surface area contributed by atoms with Crippen molar-refractivity contribution in [3.63, 3.8) is 0 Å². The third-order valence-electron chi connectivity index (χ3n) is 11.3. The molecule has 0 radical (unpaired) electrons. The second-order valence-electron chi connectivity index (χ2n) is 14.7. The molecule has 6 heterocycles. The van der Waals surface area contributed by atoms with E-state index in [1.807, 2.05) is 0 Å². The Labute approximate surface area is 278 Å². The van der Waals surface area contributed by atoms with Gasteiger partial charge in [0.15, 0.2) is 5.82 Å². The number of halogens is 2. The van der Waals surface area contributed by atoms with Crippen molar-refractivity contribution in [2.75, 3.05) is 43.4 Å². The zero-order chi connectivity index (χ0) is 32.9. The van der Waals surface area contributed by atoms with Gasteiger partial charge in [-0.05, 0) is 68.0 Å². The Balaban J connectivity index is 1.19. The van der Waals surface area contributed by atoms with Crippen LogP contribution in [0.5, 0.6) is 6.01 Å². The molecule has 5 aliphatic rings. The topological polar surface area (TPSA) is 92.4 Å². The predicted molar refractivity (Wildman–Crippen MR) is 184 cm³/mol. The fourth-order valence-corrected chi connectivity index (χ4v) is 9.12. The van der Waals surface area contributed by atoms with Crippen LogP contribution in [0.25, 0.3) is 32.9 Å². The minimum absolute atomic E-state index is 0.0173. The van der Waals surface area contributed by atoms with Gasteiger partial charge in [0.1, 0.15) is 29.5 Å². The van der Waals surface area contributed by atoms with Gasteiger partial charge >= 0.3 is 6.01 Å². The summed E-state index contributed by atoms with van der Waals surface area (Å²) in [4.78, 5) is 19.0. The van der Waals surface area contributed by atoms with E-state index >= 15 is 4.39 Å². The number of nitrogens with two attached hydrogens (primary N) is 1. The van der Waals surface area contributed by atoms with Crippen molar-refractivity contribution in [1.82, 2.24) is 25.2 Å². The molecule has 48 heavy (non-hydrogen) atoms. The third-order valence-corrected chi connectivity index (χ3v) is 11.3. The van der Waals surface area contributed by atoms with Gasteiger partial charge in [0.05, 0.1) is 16.5 Å². The summed E-state index contributed by atoms with van der Waals surface area (Å²) in [6, 6.07) is 6.59. The molecule has 2 atom stereocenters. The van der Waals surface area contributed by atoms with Crippen LogP contribution < -0.4 is 20.7 Å². The summed E-state index contributed by atoms with van der Waals surface area (Å²) in [5, 5.41) is 5.38. The highest BCUT2D eigenvalue weighted by molar-refractivity contribution is 6.03. The van der Waals surface area contributed by atoms with E-state index in [4.69, 9.17) is 26.9 Å². The minimum atomic E-state index is -0.668. The molecular weight excluding hydrogens is 608 g/mol. The molecule has 4 aliphatic heterocycles. The summed E-state index contributed by atoms with van der Waals surface area (Å²) < 4.78 is 38.5.